The van der Waals surface area contributed by atoms with Crippen LogP contribution in [0.1, 0.15) is 399 Å². The van der Waals surface area contributed by atoms with Crippen LogP contribution in [0.3, 0.4) is 0 Å². The summed E-state index contributed by atoms with van der Waals surface area (Å²) < 4.78 is 22.9. The molecule has 0 aliphatic rings. The monoisotopic (exact) mass is 1180 g/mol. The number of carboxylic acid groups (broad SMARTS) is 1. The molecule has 0 aliphatic carbocycles. The molecule has 0 heterocycles. The maximum absolute atomic E-state index is 12.9. The minimum absolute atomic E-state index is 0.154. The van der Waals surface area contributed by atoms with E-state index in [1.807, 2.05) is 21.1 Å². The number of unbranched alkanes of at least 4 members (excludes halogenated alkanes) is 56. The molecule has 0 spiro atoms. The highest BCUT2D eigenvalue weighted by molar-refractivity contribution is 5.70. The predicted molar refractivity (Wildman–Crippen MR) is 353 cm³/mol. The first-order valence-corrected chi connectivity index (χ1v) is 37.2. The van der Waals surface area contributed by atoms with Gasteiger partial charge in [-0.15, -0.1) is 0 Å². The van der Waals surface area contributed by atoms with Gasteiger partial charge in [0.1, 0.15) is 13.2 Å². The number of carbonyl (C=O) groups is 3. The van der Waals surface area contributed by atoms with Crippen molar-refractivity contribution in [1.82, 2.24) is 0 Å². The summed E-state index contributed by atoms with van der Waals surface area (Å²) in [7, 11) is 5.95. The van der Waals surface area contributed by atoms with Crippen LogP contribution in [0.15, 0.2) is 0 Å². The Morgan fingerprint density at radius 3 is 0.771 bits per heavy atom. The van der Waals surface area contributed by atoms with Crippen LogP contribution in [0.4, 0.5) is 0 Å². The number of hydrogen-bond acceptors (Lipinski definition) is 8. The summed E-state index contributed by atoms with van der Waals surface area (Å²) in [5.41, 5.74) is 0. The Kier molecular flexibility index (Phi) is 64.9. The highest BCUT2D eigenvalue weighted by Gasteiger charge is 2.22. The van der Waals surface area contributed by atoms with Gasteiger partial charge < -0.3 is 33.3 Å². The quantitative estimate of drug-likeness (QED) is 0.0256. The Labute approximate surface area is 517 Å². The van der Waals surface area contributed by atoms with E-state index >= 15 is 0 Å². The molecule has 0 aromatic heterocycles. The highest BCUT2D eigenvalue weighted by atomic mass is 16.7. The first-order valence-electron chi connectivity index (χ1n) is 37.2. The van der Waals surface area contributed by atoms with Gasteiger partial charge in [-0.25, -0.2) is 0 Å². The third-order valence-electron chi connectivity index (χ3n) is 17.4. The van der Waals surface area contributed by atoms with Gasteiger partial charge in [-0.2, -0.15) is 0 Å². The van der Waals surface area contributed by atoms with Gasteiger partial charge in [-0.3, -0.25) is 9.59 Å². The van der Waals surface area contributed by atoms with Gasteiger partial charge in [0, 0.05) is 12.8 Å². The van der Waals surface area contributed by atoms with Crippen molar-refractivity contribution in [3.63, 3.8) is 0 Å². The molecule has 0 fully saturated rings. The van der Waals surface area contributed by atoms with Gasteiger partial charge in [-0.1, -0.05) is 373 Å². The molecule has 2 unspecified atom stereocenters. The van der Waals surface area contributed by atoms with E-state index in [1.54, 1.807) is 0 Å². The van der Waals surface area contributed by atoms with Crippen molar-refractivity contribution < 1.29 is 42.9 Å². The zero-order chi connectivity index (χ0) is 60.5. The molecular weight excluding hydrogens is 1030 g/mol. The molecule has 0 N–H and O–H groups in total. The number of likely N-dealkylation sites (N-methyl/N-ethyl adjacent to an activating group) is 1. The lowest BCUT2D eigenvalue weighted by Gasteiger charge is -2.26. The molecule has 0 aromatic rings. The minimum Gasteiger partial charge on any atom is -0.545 e. The second-order valence-corrected chi connectivity index (χ2v) is 27.0. The van der Waals surface area contributed by atoms with Gasteiger partial charge >= 0.3 is 11.9 Å². The Bertz CT molecular complexity index is 1320. The fraction of sp³-hybridized carbons (Fsp3) is 0.959. The third-order valence-corrected chi connectivity index (χ3v) is 17.4. The molecule has 83 heavy (non-hydrogen) atoms. The average molecular weight is 1180 g/mol. The fourth-order valence-electron chi connectivity index (χ4n) is 11.7. The van der Waals surface area contributed by atoms with E-state index in [4.69, 9.17) is 18.9 Å². The minimum atomic E-state index is -1.62. The van der Waals surface area contributed by atoms with Crippen LogP contribution in [-0.2, 0) is 33.3 Å². The van der Waals surface area contributed by atoms with Gasteiger partial charge in [0.25, 0.3) is 0 Å². The lowest BCUT2D eigenvalue weighted by Crippen LogP contribution is -2.44. The molecule has 2 atom stereocenters. The Morgan fingerprint density at radius 1 is 0.313 bits per heavy atom. The molecule has 494 valence electrons. The SMILES string of the molecule is CCCCCCCCCCCCCCCCCCCCCCCCCCCCCCCCC(=O)OC(COC(=O)CCCCCCCCCCCCCCCCCCCCCCCCCCCCCC)COC(OCC[N+](C)(C)C)C(=O)[O-]. The number of carbonyl (C=O) groups excluding carboxylic acids is 3. The van der Waals surface area contributed by atoms with Crippen LogP contribution < -0.4 is 5.11 Å². The second kappa shape index (κ2) is 66.2. The molecule has 9 nitrogen and oxygen atoms in total. The average Bonchev–Trinajstić information content (AvgIpc) is 3.46. The lowest BCUT2D eigenvalue weighted by atomic mass is 10.0. The number of ether oxygens (including phenoxy) is 4. The normalized spacial score (nSPS) is 12.5. The Morgan fingerprint density at radius 2 is 0.542 bits per heavy atom. The largest absolute Gasteiger partial charge is 0.545 e. The number of carboxylic acids is 1. The van der Waals surface area contributed by atoms with Crippen molar-refractivity contribution >= 4 is 17.9 Å². The van der Waals surface area contributed by atoms with Gasteiger partial charge in [0.2, 0.25) is 0 Å². The van der Waals surface area contributed by atoms with E-state index in [-0.39, 0.29) is 32.2 Å². The van der Waals surface area contributed by atoms with Crippen LogP contribution in [0.5, 0.6) is 0 Å². The van der Waals surface area contributed by atoms with Gasteiger partial charge in [-0.05, 0) is 12.8 Å². The molecule has 0 saturated heterocycles. The zero-order valence-electron chi connectivity index (χ0n) is 56.6. The molecular formula is C74H145NO8. The standard InChI is InChI=1S/C74H145NO8/c1-6-8-10-12-14-16-18-20-22-24-26-28-30-32-34-36-37-39-41-43-45-47-49-51-53-55-57-59-61-63-65-72(77)83-70(69-82-74(73(78)79)80-67-66-75(3,4)5)68-81-71(76)64-62-60-58-56-54-52-50-48-46-44-42-40-38-35-33-31-29-27-25-23-21-19-17-15-13-11-9-7-2/h70,74H,6-69H2,1-5H3. The van der Waals surface area contributed by atoms with Gasteiger partial charge in [0.05, 0.1) is 40.3 Å². The van der Waals surface area contributed by atoms with E-state index in [0.29, 0.717) is 17.4 Å². The van der Waals surface area contributed by atoms with E-state index in [2.05, 4.69) is 13.8 Å². The molecule has 9 heteroatoms. The summed E-state index contributed by atoms with van der Waals surface area (Å²) in [6.07, 6.45) is 76.4. The number of quaternary nitrogens is 1. The van der Waals surface area contributed by atoms with Gasteiger partial charge in [0.15, 0.2) is 12.4 Å². The Balaban J connectivity index is 4.00. The Hall–Kier alpha value is -1.71. The summed E-state index contributed by atoms with van der Waals surface area (Å²) in [6.45, 7) is 4.85. The smallest absolute Gasteiger partial charge is 0.306 e. The lowest BCUT2D eigenvalue weighted by molar-refractivity contribution is -0.870. The van der Waals surface area contributed by atoms with Crippen LogP contribution in [-0.4, -0.2) is 82.3 Å². The highest BCUT2D eigenvalue weighted by Crippen LogP contribution is 2.20. The number of rotatable bonds is 71. The van der Waals surface area contributed by atoms with E-state index < -0.39 is 24.3 Å². The molecule has 0 bridgehead atoms. The van der Waals surface area contributed by atoms with Crippen molar-refractivity contribution in [2.24, 2.45) is 0 Å². The molecule has 0 amide bonds. The molecule has 0 rings (SSSR count). The van der Waals surface area contributed by atoms with Crippen molar-refractivity contribution in [2.45, 2.75) is 411 Å². The van der Waals surface area contributed by atoms with E-state index in [0.717, 1.165) is 38.5 Å². The second-order valence-electron chi connectivity index (χ2n) is 27.0. The van der Waals surface area contributed by atoms with E-state index in [9.17, 15) is 19.5 Å². The van der Waals surface area contributed by atoms with Crippen LogP contribution in [0.2, 0.25) is 0 Å². The number of aliphatic carboxylic acids is 1. The van der Waals surface area contributed by atoms with Crippen molar-refractivity contribution in [1.29, 1.82) is 0 Å². The first-order chi connectivity index (χ1) is 40.6. The fourth-order valence-corrected chi connectivity index (χ4v) is 11.7. The third kappa shape index (κ3) is 67.7. The van der Waals surface area contributed by atoms with Crippen molar-refractivity contribution in [3.05, 3.63) is 0 Å². The first kappa shape index (κ1) is 81.3. The van der Waals surface area contributed by atoms with Crippen molar-refractivity contribution in [3.8, 4) is 0 Å². The van der Waals surface area contributed by atoms with Crippen LogP contribution in [0, 0.1) is 0 Å². The summed E-state index contributed by atoms with van der Waals surface area (Å²) in [5, 5.41) is 11.8. The molecule has 0 saturated carbocycles. The van der Waals surface area contributed by atoms with Crippen LogP contribution >= 0.6 is 0 Å². The van der Waals surface area contributed by atoms with Crippen LogP contribution in [0.25, 0.3) is 0 Å². The molecule has 0 radical (unpaired) electrons. The zero-order valence-corrected chi connectivity index (χ0v) is 56.6. The number of nitrogens with zero attached hydrogens (tertiary/aromatic N) is 1. The molecule has 0 aliphatic heterocycles. The predicted octanol–water partition coefficient (Wildman–Crippen LogP) is 21.7. The maximum Gasteiger partial charge on any atom is 0.306 e. The topological polar surface area (TPSA) is 111 Å². The van der Waals surface area contributed by atoms with Crippen molar-refractivity contribution in [2.75, 3.05) is 47.5 Å². The summed E-state index contributed by atoms with van der Waals surface area (Å²) in [6, 6.07) is 0. The molecule has 0 aromatic carbocycles. The maximum atomic E-state index is 12.9. The summed E-state index contributed by atoms with van der Waals surface area (Å²) in [5.74, 6) is -2.24. The number of esters is 2. The van der Waals surface area contributed by atoms with E-state index in [1.165, 1.54) is 334 Å². The number of hydrogen-bond donors (Lipinski definition) is 0. The summed E-state index contributed by atoms with van der Waals surface area (Å²) >= 11 is 0. The summed E-state index contributed by atoms with van der Waals surface area (Å²) in [4.78, 5) is 37.5.